The van der Waals surface area contributed by atoms with Crippen LogP contribution in [0, 0.1) is 0 Å². The van der Waals surface area contributed by atoms with Gasteiger partial charge in [0.25, 0.3) is 0 Å². The Morgan fingerprint density at radius 1 is 1.17 bits per heavy atom. The van der Waals surface area contributed by atoms with E-state index in [0.29, 0.717) is 5.02 Å². The molecular weight excluding hydrogens is 437 g/mol. The molecule has 1 aliphatic rings. The highest BCUT2D eigenvalue weighted by atomic mass is 127. The van der Waals surface area contributed by atoms with Crippen molar-refractivity contribution in [1.29, 1.82) is 0 Å². The van der Waals surface area contributed by atoms with Crippen LogP contribution in [0.1, 0.15) is 27.7 Å². The number of fused-ring (bicyclic) bond motifs is 2. The number of benzene rings is 2. The van der Waals surface area contributed by atoms with Crippen LogP contribution in [0.2, 0.25) is 5.02 Å². The summed E-state index contributed by atoms with van der Waals surface area (Å²) in [4.78, 5) is 0. The first-order chi connectivity index (χ1) is 11.2. The fraction of sp³-hybridized carbons (Fsp3) is 0.353. The third kappa shape index (κ3) is 2.30. The molecule has 2 heterocycles. The second-order valence-electron chi connectivity index (χ2n) is 7.15. The Labute approximate surface area is 160 Å². The van der Waals surface area contributed by atoms with E-state index in [1.807, 2.05) is 21.2 Å². The average Bonchev–Trinajstić information content (AvgIpc) is 2.95. The van der Waals surface area contributed by atoms with Gasteiger partial charge in [-0.25, -0.2) is 2.90 Å². The van der Waals surface area contributed by atoms with Crippen LogP contribution >= 0.6 is 34.5 Å². The van der Waals surface area contributed by atoms with Crippen LogP contribution in [0.4, 0.5) is 0 Å². The molecular formula is C17H17BClIN2O2. The quantitative estimate of drug-likeness (QED) is 0.406. The molecule has 0 aliphatic carbocycles. The largest absolute Gasteiger partial charge is 0.496 e. The van der Waals surface area contributed by atoms with Gasteiger partial charge in [0.2, 0.25) is 0 Å². The highest BCUT2D eigenvalue weighted by molar-refractivity contribution is 14.1. The van der Waals surface area contributed by atoms with Gasteiger partial charge in [-0.2, -0.15) is 5.10 Å². The zero-order chi connectivity index (χ0) is 17.3. The van der Waals surface area contributed by atoms with E-state index in [1.165, 1.54) is 0 Å². The lowest BCUT2D eigenvalue weighted by atomic mass is 9.74. The molecule has 7 heteroatoms. The predicted molar refractivity (Wildman–Crippen MR) is 107 cm³/mol. The van der Waals surface area contributed by atoms with Crippen molar-refractivity contribution in [2.75, 3.05) is 0 Å². The standard InChI is InChI=1S/C17H17BClIN2O2/c1-16(2)17(3,4)24-18(23-16)15-11-9-21-22(20)13(11)8-10-6-5-7-12(19)14(10)15/h5-9H,1-4H3. The molecule has 0 saturated carbocycles. The molecule has 0 amide bonds. The molecule has 4 nitrogen and oxygen atoms in total. The lowest BCUT2D eigenvalue weighted by molar-refractivity contribution is 0.00578. The Morgan fingerprint density at radius 3 is 2.50 bits per heavy atom. The molecule has 1 aromatic heterocycles. The van der Waals surface area contributed by atoms with Crippen molar-refractivity contribution in [2.24, 2.45) is 0 Å². The highest BCUT2D eigenvalue weighted by Crippen LogP contribution is 2.38. The van der Waals surface area contributed by atoms with Crippen LogP contribution in [0.15, 0.2) is 30.5 Å². The van der Waals surface area contributed by atoms with Crippen molar-refractivity contribution in [2.45, 2.75) is 38.9 Å². The Kier molecular flexibility index (Phi) is 3.70. The van der Waals surface area contributed by atoms with Crippen molar-refractivity contribution < 1.29 is 9.31 Å². The first kappa shape index (κ1) is 16.6. The summed E-state index contributed by atoms with van der Waals surface area (Å²) in [6, 6.07) is 8.01. The van der Waals surface area contributed by atoms with Gasteiger partial charge >= 0.3 is 7.12 Å². The topological polar surface area (TPSA) is 36.3 Å². The van der Waals surface area contributed by atoms with Crippen LogP contribution in [-0.2, 0) is 9.31 Å². The van der Waals surface area contributed by atoms with Gasteiger partial charge in [-0.3, -0.25) is 0 Å². The van der Waals surface area contributed by atoms with Gasteiger partial charge in [0.05, 0.1) is 45.8 Å². The molecule has 0 radical (unpaired) electrons. The van der Waals surface area contributed by atoms with Gasteiger partial charge in [0.1, 0.15) is 0 Å². The summed E-state index contributed by atoms with van der Waals surface area (Å²) in [6.45, 7) is 8.22. The first-order valence-electron chi connectivity index (χ1n) is 7.82. The van der Waals surface area contributed by atoms with E-state index in [2.05, 4.69) is 67.8 Å². The van der Waals surface area contributed by atoms with E-state index in [-0.39, 0.29) is 0 Å². The second-order valence-corrected chi connectivity index (χ2v) is 8.48. The minimum Gasteiger partial charge on any atom is -0.399 e. The molecule has 1 saturated heterocycles. The van der Waals surface area contributed by atoms with Gasteiger partial charge in [0.15, 0.2) is 0 Å². The maximum atomic E-state index is 6.55. The van der Waals surface area contributed by atoms with E-state index in [1.54, 1.807) is 0 Å². The molecule has 4 rings (SSSR count). The van der Waals surface area contributed by atoms with Crippen LogP contribution in [0.5, 0.6) is 0 Å². The van der Waals surface area contributed by atoms with Gasteiger partial charge in [-0.1, -0.05) is 23.7 Å². The minimum atomic E-state index is -0.485. The van der Waals surface area contributed by atoms with Gasteiger partial charge in [0, 0.05) is 21.3 Å². The van der Waals surface area contributed by atoms with Gasteiger partial charge in [-0.15, -0.1) is 0 Å². The van der Waals surface area contributed by atoms with Gasteiger partial charge < -0.3 is 9.31 Å². The lowest BCUT2D eigenvalue weighted by Gasteiger charge is -2.32. The molecule has 3 aromatic rings. The summed E-state index contributed by atoms with van der Waals surface area (Å²) in [6.07, 6.45) is 1.85. The summed E-state index contributed by atoms with van der Waals surface area (Å²) in [5.41, 5.74) is 1.16. The summed E-state index contributed by atoms with van der Waals surface area (Å²) >= 11 is 8.73. The number of hydrogen-bond donors (Lipinski definition) is 0. The first-order valence-corrected chi connectivity index (χ1v) is 9.16. The zero-order valence-electron chi connectivity index (χ0n) is 13.9. The van der Waals surface area contributed by atoms with E-state index >= 15 is 0 Å². The molecule has 0 unspecified atom stereocenters. The number of aromatic nitrogens is 2. The van der Waals surface area contributed by atoms with Crippen LogP contribution < -0.4 is 5.46 Å². The Balaban J connectivity index is 2.06. The Hall–Kier alpha value is -0.825. The van der Waals surface area contributed by atoms with Crippen molar-refractivity contribution in [1.82, 2.24) is 7.99 Å². The van der Waals surface area contributed by atoms with Crippen LogP contribution in [0.3, 0.4) is 0 Å². The van der Waals surface area contributed by atoms with E-state index in [0.717, 1.165) is 27.1 Å². The minimum absolute atomic E-state index is 0.409. The van der Waals surface area contributed by atoms with Crippen molar-refractivity contribution >= 4 is 68.7 Å². The van der Waals surface area contributed by atoms with Crippen molar-refractivity contribution in [3.8, 4) is 0 Å². The highest BCUT2D eigenvalue weighted by Gasteiger charge is 2.52. The predicted octanol–water partition coefficient (Wildman–Crippen LogP) is 4.34. The third-order valence-electron chi connectivity index (χ3n) is 5.15. The summed E-state index contributed by atoms with van der Waals surface area (Å²) < 4.78 is 14.5. The van der Waals surface area contributed by atoms with Crippen molar-refractivity contribution in [3.05, 3.63) is 35.5 Å². The molecule has 1 fully saturated rings. The van der Waals surface area contributed by atoms with Gasteiger partial charge in [-0.05, 0) is 45.2 Å². The van der Waals surface area contributed by atoms with Crippen LogP contribution in [0.25, 0.3) is 21.7 Å². The number of nitrogens with zero attached hydrogens (tertiary/aromatic N) is 2. The fourth-order valence-corrected chi connectivity index (χ4v) is 3.91. The van der Waals surface area contributed by atoms with Crippen LogP contribution in [-0.4, -0.2) is 26.3 Å². The van der Waals surface area contributed by atoms with Crippen molar-refractivity contribution in [3.63, 3.8) is 0 Å². The molecule has 0 atom stereocenters. The smallest absolute Gasteiger partial charge is 0.399 e. The SMILES string of the molecule is CC1(C)OB(c2c3cnn(I)c3cc3cccc(Cl)c23)OC1(C)C. The lowest BCUT2D eigenvalue weighted by Crippen LogP contribution is -2.41. The molecule has 24 heavy (non-hydrogen) atoms. The monoisotopic (exact) mass is 454 g/mol. The zero-order valence-corrected chi connectivity index (χ0v) is 16.8. The number of hydrogen-bond acceptors (Lipinski definition) is 3. The molecule has 124 valence electrons. The molecule has 1 aliphatic heterocycles. The molecule has 0 bridgehead atoms. The van der Waals surface area contributed by atoms with E-state index in [9.17, 15) is 0 Å². The summed E-state index contributed by atoms with van der Waals surface area (Å²) in [5.74, 6) is 0. The Morgan fingerprint density at radius 2 is 1.83 bits per heavy atom. The third-order valence-corrected chi connectivity index (χ3v) is 6.23. The van der Waals surface area contributed by atoms with E-state index < -0.39 is 18.3 Å². The normalized spacial score (nSPS) is 19.5. The summed E-state index contributed by atoms with van der Waals surface area (Å²) in [5, 5.41) is 8.12. The second kappa shape index (κ2) is 5.33. The van der Waals surface area contributed by atoms with E-state index in [4.69, 9.17) is 20.9 Å². The fourth-order valence-electron chi connectivity index (χ4n) is 3.11. The maximum absolute atomic E-state index is 6.55. The summed E-state index contributed by atoms with van der Waals surface area (Å²) in [7, 11) is -0.485. The maximum Gasteiger partial charge on any atom is 0.496 e. The number of rotatable bonds is 1. The molecule has 2 aromatic carbocycles. The molecule has 0 spiro atoms. The average molecular weight is 455 g/mol. The number of halogens is 2. The molecule has 0 N–H and O–H groups in total. The Bertz CT molecular complexity index is 954.